The molecule has 0 radical (unpaired) electrons. The summed E-state index contributed by atoms with van der Waals surface area (Å²) in [7, 11) is 2.85. The number of hydrogen-bond donors (Lipinski definition) is 0. The van der Waals surface area contributed by atoms with Crippen molar-refractivity contribution in [2.24, 2.45) is 0 Å². The van der Waals surface area contributed by atoms with Crippen molar-refractivity contribution in [3.8, 4) is 0 Å². The van der Waals surface area contributed by atoms with E-state index in [0.717, 1.165) is 10.7 Å². The Hall–Kier alpha value is -2.26. The molecule has 9 heteroatoms. The van der Waals surface area contributed by atoms with Gasteiger partial charge in [-0.2, -0.15) is 0 Å². The zero-order valence-corrected chi connectivity index (χ0v) is 12.3. The van der Waals surface area contributed by atoms with Gasteiger partial charge in [0.1, 0.15) is 0 Å². The third-order valence-corrected chi connectivity index (χ3v) is 3.72. The average molecular weight is 307 g/mol. The van der Waals surface area contributed by atoms with Gasteiger partial charge in [-0.25, -0.2) is 14.5 Å². The van der Waals surface area contributed by atoms with Crippen molar-refractivity contribution in [2.75, 3.05) is 14.2 Å². The van der Waals surface area contributed by atoms with E-state index in [1.165, 1.54) is 7.11 Å². The molecular weight excluding hydrogens is 294 g/mol. The molecule has 0 aliphatic carbocycles. The maximum atomic E-state index is 11.7. The standard InChI is InChI=1S/C12H13N5O3S/c1-19-7-9-10(11(18)20-2)14-15-17(9)6-8-5-16-3-4-21-12(16)13-8/h3-5H,6-7H2,1-2H3. The summed E-state index contributed by atoms with van der Waals surface area (Å²) in [5.74, 6) is -0.529. The van der Waals surface area contributed by atoms with E-state index in [-0.39, 0.29) is 12.3 Å². The number of hydrogen-bond acceptors (Lipinski definition) is 7. The highest BCUT2D eigenvalue weighted by molar-refractivity contribution is 7.15. The van der Waals surface area contributed by atoms with Gasteiger partial charge in [0.2, 0.25) is 0 Å². The summed E-state index contributed by atoms with van der Waals surface area (Å²) in [6.45, 7) is 0.636. The van der Waals surface area contributed by atoms with Crippen LogP contribution in [-0.2, 0) is 22.6 Å². The predicted octanol–water partition coefficient (Wildman–Crippen LogP) is 0.969. The summed E-state index contributed by atoms with van der Waals surface area (Å²) in [6, 6.07) is 0. The van der Waals surface area contributed by atoms with Crippen molar-refractivity contribution in [3.63, 3.8) is 0 Å². The first-order valence-corrected chi connectivity index (χ1v) is 7.01. The van der Waals surface area contributed by atoms with Crippen LogP contribution in [0.3, 0.4) is 0 Å². The van der Waals surface area contributed by atoms with Gasteiger partial charge < -0.3 is 9.47 Å². The van der Waals surface area contributed by atoms with Gasteiger partial charge in [-0.05, 0) is 0 Å². The Labute approximate surface area is 123 Å². The zero-order valence-electron chi connectivity index (χ0n) is 11.5. The monoisotopic (exact) mass is 307 g/mol. The number of aromatic nitrogens is 5. The van der Waals surface area contributed by atoms with Gasteiger partial charge in [-0.15, -0.1) is 16.4 Å². The van der Waals surface area contributed by atoms with Crippen LogP contribution in [0.15, 0.2) is 17.8 Å². The van der Waals surface area contributed by atoms with E-state index < -0.39 is 5.97 Å². The smallest absolute Gasteiger partial charge is 0.360 e. The second kappa shape index (κ2) is 5.62. The lowest BCUT2D eigenvalue weighted by molar-refractivity contribution is 0.0588. The SMILES string of the molecule is COCc1c(C(=O)OC)nnn1Cc1cn2ccsc2n1. The van der Waals surface area contributed by atoms with Gasteiger partial charge >= 0.3 is 5.97 Å². The summed E-state index contributed by atoms with van der Waals surface area (Å²) < 4.78 is 13.3. The molecule has 0 atom stereocenters. The average Bonchev–Trinajstić information content (AvgIpc) is 3.14. The number of fused-ring (bicyclic) bond motifs is 1. The molecule has 0 saturated heterocycles. The molecule has 0 amide bonds. The number of methoxy groups -OCH3 is 2. The van der Waals surface area contributed by atoms with Crippen molar-refractivity contribution >= 4 is 22.3 Å². The molecule has 0 aliphatic heterocycles. The first-order valence-electron chi connectivity index (χ1n) is 6.13. The summed E-state index contributed by atoms with van der Waals surface area (Å²) in [5, 5.41) is 9.83. The predicted molar refractivity (Wildman–Crippen MR) is 74.2 cm³/mol. The Morgan fingerprint density at radius 2 is 2.29 bits per heavy atom. The van der Waals surface area contributed by atoms with E-state index in [1.807, 2.05) is 22.2 Å². The Bertz CT molecular complexity index is 746. The van der Waals surface area contributed by atoms with Crippen LogP contribution in [0.1, 0.15) is 21.9 Å². The van der Waals surface area contributed by atoms with Gasteiger partial charge in [0.25, 0.3) is 0 Å². The van der Waals surface area contributed by atoms with E-state index >= 15 is 0 Å². The van der Waals surface area contributed by atoms with Crippen LogP contribution in [0, 0.1) is 0 Å². The molecule has 0 saturated carbocycles. The lowest BCUT2D eigenvalue weighted by Gasteiger charge is -2.04. The number of ether oxygens (including phenoxy) is 2. The van der Waals surface area contributed by atoms with Crippen molar-refractivity contribution < 1.29 is 14.3 Å². The minimum atomic E-state index is -0.529. The Kier molecular flexibility index (Phi) is 3.67. The van der Waals surface area contributed by atoms with Crippen molar-refractivity contribution in [1.29, 1.82) is 0 Å². The fourth-order valence-corrected chi connectivity index (χ4v) is 2.72. The number of carbonyl (C=O) groups is 1. The van der Waals surface area contributed by atoms with Crippen LogP contribution in [0.4, 0.5) is 0 Å². The third-order valence-electron chi connectivity index (χ3n) is 2.95. The van der Waals surface area contributed by atoms with Crippen LogP contribution in [-0.4, -0.2) is 44.6 Å². The van der Waals surface area contributed by atoms with Crippen LogP contribution >= 0.6 is 11.3 Å². The Morgan fingerprint density at radius 3 is 3.00 bits per heavy atom. The molecule has 110 valence electrons. The molecule has 3 aromatic rings. The quantitative estimate of drug-likeness (QED) is 0.653. The van der Waals surface area contributed by atoms with Gasteiger partial charge in [0.15, 0.2) is 10.7 Å². The normalized spacial score (nSPS) is 11.1. The lowest BCUT2D eigenvalue weighted by atomic mass is 10.3. The van der Waals surface area contributed by atoms with Gasteiger partial charge in [0.05, 0.1) is 31.6 Å². The summed E-state index contributed by atoms with van der Waals surface area (Å²) in [5.41, 5.74) is 1.57. The van der Waals surface area contributed by atoms with E-state index in [2.05, 4.69) is 15.3 Å². The molecule has 0 aliphatic rings. The molecule has 3 aromatic heterocycles. The fraction of sp³-hybridized carbons (Fsp3) is 0.333. The number of carbonyl (C=O) groups excluding carboxylic acids is 1. The first-order chi connectivity index (χ1) is 10.2. The summed E-state index contributed by atoms with van der Waals surface area (Å²) >= 11 is 1.55. The van der Waals surface area contributed by atoms with E-state index in [9.17, 15) is 4.79 Å². The lowest BCUT2D eigenvalue weighted by Crippen LogP contribution is -2.11. The zero-order chi connectivity index (χ0) is 14.8. The van der Waals surface area contributed by atoms with Crippen LogP contribution in [0.25, 0.3) is 4.96 Å². The second-order valence-electron chi connectivity index (χ2n) is 4.29. The number of thiazole rings is 1. The topological polar surface area (TPSA) is 83.5 Å². The molecule has 21 heavy (non-hydrogen) atoms. The largest absolute Gasteiger partial charge is 0.464 e. The van der Waals surface area contributed by atoms with Gasteiger partial charge in [0, 0.05) is 24.9 Å². The van der Waals surface area contributed by atoms with Gasteiger partial charge in [-0.3, -0.25) is 4.40 Å². The van der Waals surface area contributed by atoms with E-state index in [4.69, 9.17) is 9.47 Å². The minimum Gasteiger partial charge on any atom is -0.464 e. The van der Waals surface area contributed by atoms with Crippen molar-refractivity contribution in [2.45, 2.75) is 13.2 Å². The highest BCUT2D eigenvalue weighted by atomic mass is 32.1. The van der Waals surface area contributed by atoms with Crippen molar-refractivity contribution in [3.05, 3.63) is 34.9 Å². The third kappa shape index (κ3) is 2.52. The molecular formula is C12H13N5O3S. The number of esters is 1. The maximum Gasteiger partial charge on any atom is 0.360 e. The molecule has 0 bridgehead atoms. The van der Waals surface area contributed by atoms with E-state index in [0.29, 0.717) is 12.2 Å². The summed E-state index contributed by atoms with van der Waals surface area (Å²) in [6.07, 6.45) is 3.86. The summed E-state index contributed by atoms with van der Waals surface area (Å²) in [4.78, 5) is 17.1. The number of imidazole rings is 1. The highest BCUT2D eigenvalue weighted by Crippen LogP contribution is 2.14. The Morgan fingerprint density at radius 1 is 1.43 bits per heavy atom. The molecule has 0 N–H and O–H groups in total. The molecule has 3 heterocycles. The molecule has 0 spiro atoms. The number of rotatable bonds is 5. The molecule has 0 unspecified atom stereocenters. The Balaban J connectivity index is 1.92. The second-order valence-corrected chi connectivity index (χ2v) is 5.17. The minimum absolute atomic E-state index is 0.167. The van der Waals surface area contributed by atoms with Crippen LogP contribution in [0.2, 0.25) is 0 Å². The van der Waals surface area contributed by atoms with Crippen LogP contribution < -0.4 is 0 Å². The molecule has 3 rings (SSSR count). The molecule has 8 nitrogen and oxygen atoms in total. The maximum absolute atomic E-state index is 11.7. The van der Waals surface area contributed by atoms with Crippen LogP contribution in [0.5, 0.6) is 0 Å². The van der Waals surface area contributed by atoms with E-state index in [1.54, 1.807) is 23.1 Å². The first kappa shape index (κ1) is 13.7. The van der Waals surface area contributed by atoms with Gasteiger partial charge in [-0.1, -0.05) is 5.21 Å². The number of nitrogens with zero attached hydrogens (tertiary/aromatic N) is 5. The fourth-order valence-electron chi connectivity index (χ4n) is 2.00. The highest BCUT2D eigenvalue weighted by Gasteiger charge is 2.20. The molecule has 0 aromatic carbocycles. The molecule has 0 fully saturated rings. The van der Waals surface area contributed by atoms with Crippen molar-refractivity contribution in [1.82, 2.24) is 24.4 Å².